The van der Waals surface area contributed by atoms with Crippen LogP contribution in [0.1, 0.15) is 44.4 Å². The van der Waals surface area contributed by atoms with Gasteiger partial charge < -0.3 is 14.4 Å². The molecule has 3 rings (SSSR count). The smallest absolute Gasteiger partial charge is 0.417 e. The van der Waals surface area contributed by atoms with Crippen molar-refractivity contribution in [1.29, 1.82) is 0 Å². The molecule has 2 aromatic carbocycles. The van der Waals surface area contributed by atoms with Crippen molar-refractivity contribution in [1.82, 2.24) is 9.80 Å². The number of hydrogen-bond donors (Lipinski definition) is 0. The van der Waals surface area contributed by atoms with E-state index in [0.29, 0.717) is 19.6 Å². The highest BCUT2D eigenvalue weighted by molar-refractivity contribution is 5.96. The van der Waals surface area contributed by atoms with Gasteiger partial charge in [-0.05, 0) is 64.5 Å². The lowest BCUT2D eigenvalue weighted by molar-refractivity contribution is -0.131. The standard InChI is InChI=1S/C25H32N2O4/c1-25(2,3)31-24(29)27-22(15-20(23(27)28)16-26(4)5)19-11-13-21(14-12-19)30-17-18-9-7-6-8-10-18/h6-14,20,22H,15-17H2,1-5H3. The summed E-state index contributed by atoms with van der Waals surface area (Å²) in [7, 11) is 3.86. The number of hydrogen-bond acceptors (Lipinski definition) is 5. The van der Waals surface area contributed by atoms with Gasteiger partial charge in [-0.15, -0.1) is 0 Å². The van der Waals surface area contributed by atoms with Crippen LogP contribution >= 0.6 is 0 Å². The first-order chi connectivity index (χ1) is 14.6. The summed E-state index contributed by atoms with van der Waals surface area (Å²) in [4.78, 5) is 29.2. The first-order valence-corrected chi connectivity index (χ1v) is 10.6. The number of benzene rings is 2. The van der Waals surface area contributed by atoms with Crippen LogP contribution in [0.15, 0.2) is 54.6 Å². The third-order valence-corrected chi connectivity index (χ3v) is 5.10. The Kier molecular flexibility index (Phi) is 7.01. The van der Waals surface area contributed by atoms with E-state index < -0.39 is 11.7 Å². The zero-order valence-electron chi connectivity index (χ0n) is 19.0. The third kappa shape index (κ3) is 6.07. The summed E-state index contributed by atoms with van der Waals surface area (Å²) in [6.07, 6.45) is -0.0198. The van der Waals surface area contributed by atoms with Crippen molar-refractivity contribution in [2.75, 3.05) is 20.6 Å². The first-order valence-electron chi connectivity index (χ1n) is 10.6. The molecule has 1 saturated heterocycles. The minimum Gasteiger partial charge on any atom is -0.489 e. The minimum absolute atomic E-state index is 0.183. The molecule has 1 aliphatic heterocycles. The second kappa shape index (κ2) is 9.52. The summed E-state index contributed by atoms with van der Waals surface area (Å²) < 4.78 is 11.4. The maximum absolute atomic E-state index is 13.1. The molecule has 6 nitrogen and oxygen atoms in total. The Balaban J connectivity index is 1.76. The van der Waals surface area contributed by atoms with Crippen LogP contribution in [0.4, 0.5) is 4.79 Å². The molecule has 0 bridgehead atoms. The molecule has 1 aliphatic rings. The fourth-order valence-electron chi connectivity index (χ4n) is 3.76. The van der Waals surface area contributed by atoms with E-state index in [1.54, 1.807) is 20.8 Å². The molecule has 0 saturated carbocycles. The quantitative estimate of drug-likeness (QED) is 0.675. The molecule has 0 aliphatic carbocycles. The van der Waals surface area contributed by atoms with Crippen LogP contribution in [0.25, 0.3) is 0 Å². The van der Waals surface area contributed by atoms with Gasteiger partial charge in [0.25, 0.3) is 0 Å². The molecule has 0 N–H and O–H groups in total. The Labute approximate surface area is 184 Å². The lowest BCUT2D eigenvalue weighted by atomic mass is 9.99. The zero-order valence-corrected chi connectivity index (χ0v) is 19.0. The fraction of sp³-hybridized carbons (Fsp3) is 0.440. The number of amides is 2. The molecule has 166 valence electrons. The van der Waals surface area contributed by atoms with Crippen molar-refractivity contribution in [2.24, 2.45) is 5.92 Å². The second-order valence-corrected chi connectivity index (χ2v) is 9.24. The molecule has 2 amide bonds. The van der Waals surface area contributed by atoms with Gasteiger partial charge in [0.1, 0.15) is 18.0 Å². The average molecular weight is 425 g/mol. The predicted octanol–water partition coefficient (Wildman–Crippen LogP) is 4.65. The SMILES string of the molecule is CN(C)CC1CC(c2ccc(OCc3ccccc3)cc2)N(C(=O)OC(C)(C)C)C1=O. The molecule has 1 heterocycles. The Morgan fingerprint density at radius 1 is 1.06 bits per heavy atom. The van der Waals surface area contributed by atoms with E-state index in [4.69, 9.17) is 9.47 Å². The second-order valence-electron chi connectivity index (χ2n) is 9.24. The molecule has 2 aromatic rings. The zero-order chi connectivity index (χ0) is 22.6. The first kappa shape index (κ1) is 22.8. The van der Waals surface area contributed by atoms with Crippen LogP contribution in [-0.2, 0) is 16.1 Å². The number of nitrogens with zero attached hydrogens (tertiary/aromatic N) is 2. The maximum atomic E-state index is 13.1. The van der Waals surface area contributed by atoms with E-state index in [1.165, 1.54) is 4.90 Å². The molecule has 0 aromatic heterocycles. The molecule has 2 unspecified atom stereocenters. The number of ether oxygens (including phenoxy) is 2. The van der Waals surface area contributed by atoms with E-state index in [2.05, 4.69) is 0 Å². The molecular formula is C25H32N2O4. The number of imide groups is 1. The molecule has 0 radical (unpaired) electrons. The lowest BCUT2D eigenvalue weighted by Crippen LogP contribution is -2.40. The normalized spacial score (nSPS) is 19.0. The number of carbonyl (C=O) groups excluding carboxylic acids is 2. The molecular weight excluding hydrogens is 392 g/mol. The monoisotopic (exact) mass is 424 g/mol. The summed E-state index contributed by atoms with van der Waals surface area (Å²) in [5, 5.41) is 0. The highest BCUT2D eigenvalue weighted by Crippen LogP contribution is 2.38. The maximum Gasteiger partial charge on any atom is 0.417 e. The molecule has 31 heavy (non-hydrogen) atoms. The van der Waals surface area contributed by atoms with Gasteiger partial charge >= 0.3 is 6.09 Å². The van der Waals surface area contributed by atoms with Gasteiger partial charge in [-0.2, -0.15) is 0 Å². The largest absolute Gasteiger partial charge is 0.489 e. The van der Waals surface area contributed by atoms with Crippen LogP contribution in [0.2, 0.25) is 0 Å². The summed E-state index contributed by atoms with van der Waals surface area (Å²) in [6, 6.07) is 17.2. The Morgan fingerprint density at radius 2 is 1.71 bits per heavy atom. The van der Waals surface area contributed by atoms with E-state index >= 15 is 0 Å². The van der Waals surface area contributed by atoms with Gasteiger partial charge in [0.05, 0.1) is 12.0 Å². The number of likely N-dealkylation sites (tertiary alicyclic amines) is 1. The van der Waals surface area contributed by atoms with Crippen molar-refractivity contribution in [3.63, 3.8) is 0 Å². The van der Waals surface area contributed by atoms with E-state index in [9.17, 15) is 9.59 Å². The highest BCUT2D eigenvalue weighted by atomic mass is 16.6. The van der Waals surface area contributed by atoms with Gasteiger partial charge in [-0.1, -0.05) is 42.5 Å². The van der Waals surface area contributed by atoms with Crippen LogP contribution in [-0.4, -0.2) is 48.0 Å². The molecule has 1 fully saturated rings. The van der Waals surface area contributed by atoms with Crippen molar-refractivity contribution < 1.29 is 19.1 Å². The lowest BCUT2D eigenvalue weighted by Gasteiger charge is -2.27. The van der Waals surface area contributed by atoms with Crippen LogP contribution in [0.5, 0.6) is 5.75 Å². The van der Waals surface area contributed by atoms with Crippen LogP contribution in [0.3, 0.4) is 0 Å². The topological polar surface area (TPSA) is 59.1 Å². The molecule has 0 spiro atoms. The van der Waals surface area contributed by atoms with E-state index in [-0.39, 0.29) is 17.9 Å². The fourth-order valence-corrected chi connectivity index (χ4v) is 3.76. The Bertz CT molecular complexity index is 888. The van der Waals surface area contributed by atoms with Crippen LogP contribution < -0.4 is 4.74 Å². The van der Waals surface area contributed by atoms with Crippen molar-refractivity contribution >= 4 is 12.0 Å². The summed E-state index contributed by atoms with van der Waals surface area (Å²) in [5.41, 5.74) is 1.32. The minimum atomic E-state index is -0.670. The van der Waals surface area contributed by atoms with E-state index in [0.717, 1.165) is 16.9 Å². The molecule has 6 heteroatoms. The van der Waals surface area contributed by atoms with Gasteiger partial charge in [0.2, 0.25) is 5.91 Å². The predicted molar refractivity (Wildman–Crippen MR) is 120 cm³/mol. The van der Waals surface area contributed by atoms with Gasteiger partial charge in [0.15, 0.2) is 0 Å². The van der Waals surface area contributed by atoms with Crippen molar-refractivity contribution in [2.45, 2.75) is 45.4 Å². The summed E-state index contributed by atoms with van der Waals surface area (Å²) in [5.74, 6) is 0.310. The number of rotatable bonds is 6. The average Bonchev–Trinajstić information content (AvgIpc) is 3.02. The highest BCUT2D eigenvalue weighted by Gasteiger charge is 2.45. The van der Waals surface area contributed by atoms with Gasteiger partial charge in [0, 0.05) is 6.54 Å². The van der Waals surface area contributed by atoms with Crippen LogP contribution in [0, 0.1) is 5.92 Å². The van der Waals surface area contributed by atoms with Crippen molar-refractivity contribution in [3.8, 4) is 5.75 Å². The van der Waals surface area contributed by atoms with Crippen molar-refractivity contribution in [3.05, 3.63) is 65.7 Å². The van der Waals surface area contributed by atoms with Gasteiger partial charge in [-0.25, -0.2) is 9.69 Å². The molecule has 2 atom stereocenters. The Morgan fingerprint density at radius 3 is 2.29 bits per heavy atom. The summed E-state index contributed by atoms with van der Waals surface area (Å²) >= 11 is 0. The number of carbonyl (C=O) groups is 2. The third-order valence-electron chi connectivity index (χ3n) is 5.10. The van der Waals surface area contributed by atoms with E-state index in [1.807, 2.05) is 73.6 Å². The summed E-state index contributed by atoms with van der Waals surface area (Å²) in [6.45, 7) is 6.48. The van der Waals surface area contributed by atoms with Gasteiger partial charge in [-0.3, -0.25) is 4.79 Å². The Hall–Kier alpha value is -2.86.